The molecule has 0 N–H and O–H groups in total. The molecule has 6 nitrogen and oxygen atoms in total. The van der Waals surface area contributed by atoms with Gasteiger partial charge in [-0.3, -0.25) is 4.21 Å². The van der Waals surface area contributed by atoms with Crippen molar-refractivity contribution in [3.63, 3.8) is 0 Å². The lowest BCUT2D eigenvalue weighted by molar-refractivity contribution is 0.356. The van der Waals surface area contributed by atoms with Crippen molar-refractivity contribution >= 4 is 16.3 Å². The summed E-state index contributed by atoms with van der Waals surface area (Å²) in [5, 5.41) is 4.64. The second-order valence-electron chi connectivity index (χ2n) is 4.59. The lowest BCUT2D eigenvalue weighted by atomic mass is 10.1. The molecule has 0 amide bonds. The summed E-state index contributed by atoms with van der Waals surface area (Å²) in [4.78, 5) is 4.10. The van der Waals surface area contributed by atoms with Gasteiger partial charge in [0.2, 0.25) is 5.16 Å². The van der Waals surface area contributed by atoms with Crippen molar-refractivity contribution in [2.45, 2.75) is 5.16 Å². The smallest absolute Gasteiger partial charge is 0.237 e. The molecular weight excluding hydrogens is 302 g/mol. The van der Waals surface area contributed by atoms with E-state index < -0.39 is 10.8 Å². The number of hydrogen-bond donors (Lipinski definition) is 0. The molecule has 0 radical (unpaired) electrons. The lowest BCUT2D eigenvalue weighted by Crippen LogP contribution is -2.04. The fourth-order valence-electron chi connectivity index (χ4n) is 2.31. The van der Waals surface area contributed by atoms with E-state index in [0.717, 1.165) is 16.8 Å². The van der Waals surface area contributed by atoms with Crippen LogP contribution in [0.4, 0.5) is 0 Å². The van der Waals surface area contributed by atoms with Gasteiger partial charge in [-0.05, 0) is 24.3 Å². The summed E-state index contributed by atoms with van der Waals surface area (Å²) < 4.78 is 24.1. The molecule has 2 aromatic heterocycles. The number of ether oxygens (including phenoxy) is 2. The largest absolute Gasteiger partial charge is 0.493 e. The first kappa shape index (κ1) is 14.5. The second-order valence-corrected chi connectivity index (χ2v) is 5.86. The average Bonchev–Trinajstić information content (AvgIpc) is 2.96. The Morgan fingerprint density at radius 1 is 1.14 bits per heavy atom. The molecule has 0 bridgehead atoms. The van der Waals surface area contributed by atoms with E-state index in [4.69, 9.17) is 9.47 Å². The fourth-order valence-corrected chi connectivity index (χ4v) is 2.71. The molecule has 0 spiro atoms. The Kier molecular flexibility index (Phi) is 3.81. The van der Waals surface area contributed by atoms with Crippen LogP contribution in [-0.2, 0) is 10.8 Å². The summed E-state index contributed by atoms with van der Waals surface area (Å²) in [6.07, 6.45) is 3.20. The highest BCUT2D eigenvalue weighted by Gasteiger charge is 2.16. The van der Waals surface area contributed by atoms with Gasteiger partial charge in [0.05, 0.1) is 42.4 Å². The minimum atomic E-state index is -1.25. The molecule has 114 valence electrons. The zero-order valence-electron chi connectivity index (χ0n) is 12.4. The van der Waals surface area contributed by atoms with Crippen molar-refractivity contribution in [1.82, 2.24) is 14.6 Å². The van der Waals surface area contributed by atoms with Gasteiger partial charge in [0, 0.05) is 11.8 Å². The van der Waals surface area contributed by atoms with Gasteiger partial charge in [-0.15, -0.1) is 5.10 Å². The third-order valence-electron chi connectivity index (χ3n) is 3.31. The van der Waals surface area contributed by atoms with Gasteiger partial charge in [-0.2, -0.15) is 0 Å². The van der Waals surface area contributed by atoms with E-state index in [1.165, 1.54) is 0 Å². The predicted octanol–water partition coefficient (Wildman–Crippen LogP) is 2.15. The summed E-state index contributed by atoms with van der Waals surface area (Å²) in [6, 6.07) is 9.46. The molecule has 3 aromatic rings. The minimum Gasteiger partial charge on any atom is -0.493 e. The monoisotopic (exact) mass is 317 g/mol. The van der Waals surface area contributed by atoms with Crippen LogP contribution >= 0.6 is 0 Å². The van der Waals surface area contributed by atoms with E-state index in [-0.39, 0.29) is 5.16 Å². The van der Waals surface area contributed by atoms with Crippen molar-refractivity contribution in [3.8, 4) is 22.8 Å². The number of methoxy groups -OCH3 is 2. The Bertz CT molecular complexity index is 860. The topological polar surface area (TPSA) is 65.7 Å². The van der Waals surface area contributed by atoms with E-state index in [2.05, 4.69) is 10.1 Å². The zero-order valence-corrected chi connectivity index (χ0v) is 13.3. The van der Waals surface area contributed by atoms with Gasteiger partial charge >= 0.3 is 0 Å². The van der Waals surface area contributed by atoms with Crippen LogP contribution in [-0.4, -0.2) is 39.3 Å². The second kappa shape index (κ2) is 5.76. The van der Waals surface area contributed by atoms with Gasteiger partial charge in [0.1, 0.15) is 0 Å². The van der Waals surface area contributed by atoms with Crippen molar-refractivity contribution in [3.05, 3.63) is 36.5 Å². The molecule has 0 fully saturated rings. The molecule has 1 aromatic carbocycles. The third kappa shape index (κ3) is 2.33. The van der Waals surface area contributed by atoms with Crippen molar-refractivity contribution < 1.29 is 13.7 Å². The molecule has 7 heteroatoms. The first-order chi connectivity index (χ1) is 10.7. The number of aromatic nitrogens is 3. The minimum absolute atomic E-state index is 0.284. The molecule has 22 heavy (non-hydrogen) atoms. The molecule has 0 aliphatic heterocycles. The van der Waals surface area contributed by atoms with Gasteiger partial charge in [0.15, 0.2) is 11.5 Å². The van der Waals surface area contributed by atoms with Crippen LogP contribution in [0.2, 0.25) is 0 Å². The van der Waals surface area contributed by atoms with E-state index in [9.17, 15) is 4.21 Å². The highest BCUT2D eigenvalue weighted by molar-refractivity contribution is 7.84. The summed E-state index contributed by atoms with van der Waals surface area (Å²) in [5.74, 6) is 1.27. The average molecular weight is 317 g/mol. The predicted molar refractivity (Wildman–Crippen MR) is 83.9 cm³/mol. The summed E-state index contributed by atoms with van der Waals surface area (Å²) in [7, 11) is 1.95. The standard InChI is InChI=1S/C15H15N3O3S/c1-20-13-6-4-5-11(14(13)21-2)12-8-7-10-9-16-15(22(3)19)17-18(10)12/h4-9H,1-3H3. The molecule has 2 heterocycles. The number of fused-ring (bicyclic) bond motifs is 1. The van der Waals surface area contributed by atoms with Crippen LogP contribution in [0, 0.1) is 0 Å². The molecule has 3 rings (SSSR count). The SMILES string of the molecule is COc1cccc(-c2ccc3cnc(S(C)=O)nn23)c1OC. The van der Waals surface area contributed by atoms with Crippen LogP contribution < -0.4 is 9.47 Å². The van der Waals surface area contributed by atoms with E-state index in [1.54, 1.807) is 31.2 Å². The van der Waals surface area contributed by atoms with E-state index in [1.807, 2.05) is 30.3 Å². The molecule has 0 saturated carbocycles. The summed E-state index contributed by atoms with van der Waals surface area (Å²) in [5.41, 5.74) is 2.47. The quantitative estimate of drug-likeness (QED) is 0.737. The van der Waals surface area contributed by atoms with Crippen molar-refractivity contribution in [2.24, 2.45) is 0 Å². The Balaban J connectivity index is 2.26. The maximum Gasteiger partial charge on any atom is 0.237 e. The van der Waals surface area contributed by atoms with Gasteiger partial charge < -0.3 is 9.47 Å². The van der Waals surface area contributed by atoms with Crippen LogP contribution in [0.5, 0.6) is 11.5 Å². The molecular formula is C15H15N3O3S. The van der Waals surface area contributed by atoms with Gasteiger partial charge in [-0.1, -0.05) is 6.07 Å². The maximum atomic E-state index is 11.6. The molecule has 0 aliphatic rings. The Hall–Kier alpha value is -2.41. The van der Waals surface area contributed by atoms with Gasteiger partial charge in [0.25, 0.3) is 0 Å². The van der Waals surface area contributed by atoms with E-state index >= 15 is 0 Å². The normalized spacial score (nSPS) is 12.3. The van der Waals surface area contributed by atoms with Gasteiger partial charge in [-0.25, -0.2) is 9.50 Å². The molecule has 1 unspecified atom stereocenters. The summed E-state index contributed by atoms with van der Waals surface area (Å²) in [6.45, 7) is 0. The third-order valence-corrected chi connectivity index (χ3v) is 4.01. The highest BCUT2D eigenvalue weighted by atomic mass is 32.2. The van der Waals surface area contributed by atoms with Crippen LogP contribution in [0.25, 0.3) is 16.8 Å². The number of hydrogen-bond acceptors (Lipinski definition) is 5. The Labute approximate surface area is 130 Å². The first-order valence-electron chi connectivity index (χ1n) is 6.55. The number of nitrogens with zero attached hydrogens (tertiary/aromatic N) is 3. The van der Waals surface area contributed by atoms with E-state index in [0.29, 0.717) is 11.5 Å². The molecule has 0 aliphatic carbocycles. The lowest BCUT2D eigenvalue weighted by Gasteiger charge is -2.12. The maximum absolute atomic E-state index is 11.6. The van der Waals surface area contributed by atoms with Crippen LogP contribution in [0.1, 0.15) is 0 Å². The first-order valence-corrected chi connectivity index (χ1v) is 8.11. The van der Waals surface area contributed by atoms with Crippen LogP contribution in [0.3, 0.4) is 0 Å². The Morgan fingerprint density at radius 2 is 1.95 bits per heavy atom. The molecule has 1 atom stereocenters. The van der Waals surface area contributed by atoms with Crippen molar-refractivity contribution in [2.75, 3.05) is 20.5 Å². The number of para-hydroxylation sites is 1. The Morgan fingerprint density at radius 3 is 2.64 bits per heavy atom. The number of rotatable bonds is 4. The fraction of sp³-hybridized carbons (Fsp3) is 0.200. The molecule has 0 saturated heterocycles. The van der Waals surface area contributed by atoms with Crippen LogP contribution in [0.15, 0.2) is 41.7 Å². The summed E-state index contributed by atoms with van der Waals surface area (Å²) >= 11 is 0. The highest BCUT2D eigenvalue weighted by Crippen LogP contribution is 2.38. The zero-order chi connectivity index (χ0) is 15.7. The number of benzene rings is 1. The van der Waals surface area contributed by atoms with Crippen molar-refractivity contribution in [1.29, 1.82) is 0 Å².